The van der Waals surface area contributed by atoms with Crippen LogP contribution in [0, 0.1) is 0 Å². The Kier molecular flexibility index (Phi) is 3.79. The molecule has 4 heteroatoms. The molecule has 2 aromatic carbocycles. The van der Waals surface area contributed by atoms with Gasteiger partial charge in [-0.15, -0.1) is 0 Å². The number of hydrogen-bond donors (Lipinski definition) is 3. The van der Waals surface area contributed by atoms with Gasteiger partial charge in [0.2, 0.25) is 0 Å². The first-order valence-electron chi connectivity index (χ1n) is 8.16. The third-order valence-electron chi connectivity index (χ3n) is 4.36. The van der Waals surface area contributed by atoms with Gasteiger partial charge >= 0.3 is 0 Å². The van der Waals surface area contributed by atoms with E-state index in [0.717, 1.165) is 20.9 Å². The molecule has 0 unspecified atom stereocenters. The SMILES string of the molecule is CC(C)(C)c1cc(O)c2c(c1)Sc1cc(C(C)(C)C)cc(O)c1N2. The van der Waals surface area contributed by atoms with Gasteiger partial charge in [-0.2, -0.15) is 0 Å². The van der Waals surface area contributed by atoms with E-state index >= 15 is 0 Å². The number of phenolic OH excluding ortho intramolecular Hbond substituents is 2. The van der Waals surface area contributed by atoms with E-state index in [9.17, 15) is 10.2 Å². The predicted octanol–water partition coefficient (Wildman–Crippen LogP) is 5.90. The van der Waals surface area contributed by atoms with Gasteiger partial charge in [0.25, 0.3) is 0 Å². The molecule has 0 aromatic heterocycles. The monoisotopic (exact) mass is 343 g/mol. The van der Waals surface area contributed by atoms with Crippen LogP contribution < -0.4 is 5.32 Å². The molecule has 1 heterocycles. The van der Waals surface area contributed by atoms with Gasteiger partial charge in [-0.25, -0.2) is 0 Å². The van der Waals surface area contributed by atoms with E-state index in [1.165, 1.54) is 0 Å². The molecule has 24 heavy (non-hydrogen) atoms. The lowest BCUT2D eigenvalue weighted by Gasteiger charge is -2.28. The van der Waals surface area contributed by atoms with Crippen molar-refractivity contribution in [3.63, 3.8) is 0 Å². The molecule has 1 aliphatic rings. The summed E-state index contributed by atoms with van der Waals surface area (Å²) in [6.07, 6.45) is 0. The van der Waals surface area contributed by atoms with E-state index in [1.807, 2.05) is 0 Å². The molecule has 0 bridgehead atoms. The molecule has 0 saturated carbocycles. The van der Waals surface area contributed by atoms with Crippen LogP contribution in [0.5, 0.6) is 11.5 Å². The van der Waals surface area contributed by atoms with Crippen LogP contribution in [0.15, 0.2) is 34.1 Å². The van der Waals surface area contributed by atoms with Crippen LogP contribution in [0.3, 0.4) is 0 Å². The summed E-state index contributed by atoms with van der Waals surface area (Å²) in [4.78, 5) is 1.97. The predicted molar refractivity (Wildman–Crippen MR) is 101 cm³/mol. The van der Waals surface area contributed by atoms with E-state index in [2.05, 4.69) is 59.0 Å². The molecule has 0 amide bonds. The molecule has 0 atom stereocenters. The van der Waals surface area contributed by atoms with Gasteiger partial charge in [0.05, 0.1) is 11.4 Å². The van der Waals surface area contributed by atoms with Crippen LogP contribution in [-0.2, 0) is 10.8 Å². The van der Waals surface area contributed by atoms with Gasteiger partial charge < -0.3 is 15.5 Å². The zero-order valence-corrected chi connectivity index (χ0v) is 15.9. The van der Waals surface area contributed by atoms with Gasteiger partial charge in [-0.05, 0) is 46.2 Å². The van der Waals surface area contributed by atoms with Gasteiger partial charge in [0, 0.05) is 9.79 Å². The Morgan fingerprint density at radius 2 is 1.08 bits per heavy atom. The van der Waals surface area contributed by atoms with E-state index < -0.39 is 0 Å². The van der Waals surface area contributed by atoms with Gasteiger partial charge in [0.15, 0.2) is 0 Å². The average molecular weight is 343 g/mol. The van der Waals surface area contributed by atoms with E-state index in [4.69, 9.17) is 0 Å². The first-order valence-corrected chi connectivity index (χ1v) is 8.98. The van der Waals surface area contributed by atoms with Crippen molar-refractivity contribution in [1.29, 1.82) is 0 Å². The largest absolute Gasteiger partial charge is 0.506 e. The number of nitrogens with one attached hydrogen (secondary N) is 1. The summed E-state index contributed by atoms with van der Waals surface area (Å²) in [5.41, 5.74) is 3.44. The van der Waals surface area contributed by atoms with Crippen molar-refractivity contribution >= 4 is 23.1 Å². The topological polar surface area (TPSA) is 52.5 Å². The number of hydrogen-bond acceptors (Lipinski definition) is 4. The maximum atomic E-state index is 10.4. The third kappa shape index (κ3) is 2.95. The van der Waals surface area contributed by atoms with E-state index in [-0.39, 0.29) is 22.3 Å². The second kappa shape index (κ2) is 5.35. The summed E-state index contributed by atoms with van der Waals surface area (Å²) in [5, 5.41) is 24.1. The molecule has 0 aliphatic carbocycles. The molecule has 1 aliphatic heterocycles. The lowest BCUT2D eigenvalue weighted by Crippen LogP contribution is -2.13. The maximum Gasteiger partial charge on any atom is 0.140 e. The number of rotatable bonds is 0. The highest BCUT2D eigenvalue weighted by Crippen LogP contribution is 2.52. The fourth-order valence-corrected chi connectivity index (χ4v) is 3.85. The zero-order valence-electron chi connectivity index (χ0n) is 15.1. The van der Waals surface area contributed by atoms with Crippen LogP contribution >= 0.6 is 11.8 Å². The minimum Gasteiger partial charge on any atom is -0.506 e. The van der Waals surface area contributed by atoms with Crippen LogP contribution in [0.25, 0.3) is 0 Å². The molecular formula is C20H25NO2S. The number of fused-ring (bicyclic) bond motifs is 2. The molecular weight excluding hydrogens is 318 g/mol. The van der Waals surface area contributed by atoms with Crippen molar-refractivity contribution in [1.82, 2.24) is 0 Å². The number of aromatic hydroxyl groups is 2. The lowest BCUT2D eigenvalue weighted by molar-refractivity contribution is 0.468. The van der Waals surface area contributed by atoms with Crippen molar-refractivity contribution in [3.05, 3.63) is 35.4 Å². The highest BCUT2D eigenvalue weighted by atomic mass is 32.2. The van der Waals surface area contributed by atoms with Crippen molar-refractivity contribution < 1.29 is 10.2 Å². The average Bonchev–Trinajstić information content (AvgIpc) is 2.43. The Morgan fingerprint density at radius 3 is 1.42 bits per heavy atom. The molecule has 2 aromatic rings. The highest BCUT2D eigenvalue weighted by Gasteiger charge is 2.27. The second-order valence-electron chi connectivity index (χ2n) is 8.46. The fourth-order valence-electron chi connectivity index (χ4n) is 2.72. The molecule has 3 rings (SSSR count). The number of phenols is 2. The van der Waals surface area contributed by atoms with Crippen LogP contribution in [0.1, 0.15) is 52.7 Å². The Morgan fingerprint density at radius 1 is 0.708 bits per heavy atom. The fraction of sp³-hybridized carbons (Fsp3) is 0.400. The smallest absolute Gasteiger partial charge is 0.140 e. The van der Waals surface area contributed by atoms with Crippen LogP contribution in [0.2, 0.25) is 0 Å². The van der Waals surface area contributed by atoms with Crippen molar-refractivity contribution in [2.24, 2.45) is 0 Å². The van der Waals surface area contributed by atoms with Crippen LogP contribution in [0.4, 0.5) is 11.4 Å². The quantitative estimate of drug-likeness (QED) is 0.445. The summed E-state index contributed by atoms with van der Waals surface area (Å²) in [5.74, 6) is 0.435. The Balaban J connectivity index is 2.12. The summed E-state index contributed by atoms with van der Waals surface area (Å²) >= 11 is 1.59. The normalized spacial score (nSPS) is 13.9. The first kappa shape index (κ1) is 17.0. The zero-order chi connectivity index (χ0) is 17.9. The van der Waals surface area contributed by atoms with Crippen molar-refractivity contribution in [2.45, 2.75) is 62.2 Å². The molecule has 3 N–H and O–H groups in total. The molecule has 0 fully saturated rings. The van der Waals surface area contributed by atoms with Gasteiger partial charge in [-0.1, -0.05) is 53.3 Å². The summed E-state index contributed by atoms with van der Waals surface area (Å²) < 4.78 is 0. The third-order valence-corrected chi connectivity index (χ3v) is 5.45. The minimum atomic E-state index is -0.0389. The number of anilines is 2. The summed E-state index contributed by atoms with van der Waals surface area (Å²) in [6.45, 7) is 12.8. The standard InChI is InChI=1S/C20H25NO2S/c1-19(2,3)11-7-13(22)17-15(9-11)24-16-10-12(20(4,5)6)8-14(23)18(16)21-17/h7-10,21-23H,1-6H3. The van der Waals surface area contributed by atoms with Gasteiger partial charge in [0.1, 0.15) is 11.5 Å². The summed E-state index contributed by atoms with van der Waals surface area (Å²) in [7, 11) is 0. The molecule has 128 valence electrons. The van der Waals surface area contributed by atoms with Crippen molar-refractivity contribution in [2.75, 3.05) is 5.32 Å². The van der Waals surface area contributed by atoms with E-state index in [1.54, 1.807) is 23.9 Å². The first-order chi connectivity index (χ1) is 11.0. The summed E-state index contributed by atoms with van der Waals surface area (Å²) in [6, 6.07) is 7.85. The minimum absolute atomic E-state index is 0.0389. The van der Waals surface area contributed by atoms with E-state index in [0.29, 0.717) is 11.4 Å². The molecule has 3 nitrogen and oxygen atoms in total. The van der Waals surface area contributed by atoms with Crippen LogP contribution in [-0.4, -0.2) is 10.2 Å². The Labute approximate surface area is 148 Å². The lowest BCUT2D eigenvalue weighted by atomic mass is 9.86. The Bertz CT molecular complexity index is 746. The Hall–Kier alpha value is -1.81. The maximum absolute atomic E-state index is 10.4. The number of benzene rings is 2. The molecule has 0 saturated heterocycles. The second-order valence-corrected chi connectivity index (χ2v) is 9.55. The molecule has 0 radical (unpaired) electrons. The van der Waals surface area contributed by atoms with Gasteiger partial charge in [-0.3, -0.25) is 0 Å². The molecule has 0 spiro atoms. The van der Waals surface area contributed by atoms with Crippen molar-refractivity contribution in [3.8, 4) is 11.5 Å². The highest BCUT2D eigenvalue weighted by molar-refractivity contribution is 7.99.